The lowest BCUT2D eigenvalue weighted by Gasteiger charge is -2.28. The highest BCUT2D eigenvalue weighted by atomic mass is 32.2. The smallest absolute Gasteiger partial charge is 0.323 e. The number of hydrogen-bond acceptors (Lipinski definition) is 5. The maximum atomic E-state index is 13.0. The first-order valence-electron chi connectivity index (χ1n) is 10.4. The Kier molecular flexibility index (Phi) is 6.52. The third kappa shape index (κ3) is 4.94. The summed E-state index contributed by atoms with van der Waals surface area (Å²) >= 11 is 0. The van der Waals surface area contributed by atoms with Gasteiger partial charge in [0, 0.05) is 24.8 Å². The van der Waals surface area contributed by atoms with Gasteiger partial charge in [0.2, 0.25) is 10.0 Å². The van der Waals surface area contributed by atoms with Crippen LogP contribution in [0.5, 0.6) is 11.5 Å². The van der Waals surface area contributed by atoms with Crippen molar-refractivity contribution in [2.75, 3.05) is 31.4 Å². The van der Waals surface area contributed by atoms with Crippen molar-refractivity contribution in [2.24, 2.45) is 0 Å². The molecule has 1 aliphatic heterocycles. The maximum Gasteiger partial charge on any atom is 0.323 e. The number of nitrogens with one attached hydrogen (secondary N) is 2. The van der Waals surface area contributed by atoms with E-state index in [1.807, 2.05) is 18.2 Å². The number of rotatable bonds is 6. The molecular weight excluding hydrogens is 442 g/mol. The lowest BCUT2D eigenvalue weighted by Crippen LogP contribution is -2.36. The molecule has 0 aromatic heterocycles. The molecule has 3 aromatic carbocycles. The Morgan fingerprint density at radius 1 is 0.909 bits per heavy atom. The Hall–Kier alpha value is -3.56. The first-order chi connectivity index (χ1) is 15.9. The number of anilines is 2. The van der Waals surface area contributed by atoms with Gasteiger partial charge in [0.25, 0.3) is 0 Å². The van der Waals surface area contributed by atoms with Crippen LogP contribution in [-0.4, -0.2) is 39.5 Å². The van der Waals surface area contributed by atoms with Crippen molar-refractivity contribution < 1.29 is 22.7 Å². The molecule has 172 valence electrons. The van der Waals surface area contributed by atoms with Crippen molar-refractivity contribution in [3.05, 3.63) is 77.9 Å². The average Bonchev–Trinajstić information content (AvgIpc) is 2.84. The van der Waals surface area contributed by atoms with Gasteiger partial charge in [0.05, 0.1) is 24.8 Å². The van der Waals surface area contributed by atoms with Crippen LogP contribution in [0.3, 0.4) is 0 Å². The van der Waals surface area contributed by atoms with E-state index in [4.69, 9.17) is 9.47 Å². The minimum Gasteiger partial charge on any atom is -0.497 e. The number of ether oxygens (including phenoxy) is 2. The fourth-order valence-corrected chi connectivity index (χ4v) is 5.18. The number of methoxy groups -OCH3 is 2. The summed E-state index contributed by atoms with van der Waals surface area (Å²) in [5.74, 6) is 1.08. The molecule has 0 spiro atoms. The first kappa shape index (κ1) is 22.6. The molecule has 9 heteroatoms. The summed E-state index contributed by atoms with van der Waals surface area (Å²) in [6.07, 6.45) is 0.608. The van der Waals surface area contributed by atoms with E-state index in [1.165, 1.54) is 11.4 Å². The van der Waals surface area contributed by atoms with Crippen LogP contribution in [0.1, 0.15) is 11.1 Å². The van der Waals surface area contributed by atoms with Crippen LogP contribution in [0.25, 0.3) is 0 Å². The van der Waals surface area contributed by atoms with Crippen LogP contribution in [0.4, 0.5) is 16.2 Å². The predicted octanol–water partition coefficient (Wildman–Crippen LogP) is 4.09. The standard InChI is InChI=1S/C24H25N3O5S/c1-31-20-10-11-22(23(15-20)32-2)26-24(28)25-19-9-8-17-12-13-27(16-18(17)14-19)33(29,30)21-6-4-3-5-7-21/h3-11,14-15H,12-13,16H2,1-2H3,(H2,25,26,28). The molecule has 1 aliphatic rings. The van der Waals surface area contributed by atoms with E-state index in [0.29, 0.717) is 35.8 Å². The molecule has 3 aromatic rings. The molecule has 2 N–H and O–H groups in total. The molecule has 8 nitrogen and oxygen atoms in total. The van der Waals surface area contributed by atoms with E-state index in [-0.39, 0.29) is 11.4 Å². The van der Waals surface area contributed by atoms with Crippen molar-refractivity contribution in [1.82, 2.24) is 4.31 Å². The number of benzene rings is 3. The van der Waals surface area contributed by atoms with E-state index in [2.05, 4.69) is 10.6 Å². The number of hydrogen-bond donors (Lipinski definition) is 2. The minimum absolute atomic E-state index is 0.246. The molecular formula is C24H25N3O5S. The molecule has 0 saturated carbocycles. The molecule has 2 amide bonds. The SMILES string of the molecule is COc1ccc(NC(=O)Nc2ccc3c(c2)CN(S(=O)(=O)c2ccccc2)CC3)c(OC)c1. The second-order valence-electron chi connectivity index (χ2n) is 7.53. The summed E-state index contributed by atoms with van der Waals surface area (Å²) in [4.78, 5) is 12.8. The summed E-state index contributed by atoms with van der Waals surface area (Å²) in [7, 11) is -0.522. The van der Waals surface area contributed by atoms with E-state index >= 15 is 0 Å². The summed E-state index contributed by atoms with van der Waals surface area (Å²) in [5.41, 5.74) is 2.99. The number of urea groups is 1. The fraction of sp³-hybridized carbons (Fsp3) is 0.208. The van der Waals surface area contributed by atoms with Gasteiger partial charge in [-0.15, -0.1) is 0 Å². The summed E-state index contributed by atoms with van der Waals surface area (Å²) < 4.78 is 37.9. The quantitative estimate of drug-likeness (QED) is 0.569. The van der Waals surface area contributed by atoms with Crippen molar-refractivity contribution >= 4 is 27.4 Å². The molecule has 1 heterocycles. The second-order valence-corrected chi connectivity index (χ2v) is 9.47. The zero-order valence-corrected chi connectivity index (χ0v) is 19.2. The van der Waals surface area contributed by atoms with Crippen LogP contribution in [-0.2, 0) is 23.0 Å². The highest BCUT2D eigenvalue weighted by molar-refractivity contribution is 7.89. The largest absolute Gasteiger partial charge is 0.497 e. The first-order valence-corrected chi connectivity index (χ1v) is 11.8. The lowest BCUT2D eigenvalue weighted by atomic mass is 10.0. The number of fused-ring (bicyclic) bond motifs is 1. The van der Waals surface area contributed by atoms with Crippen LogP contribution in [0.2, 0.25) is 0 Å². The Morgan fingerprint density at radius 3 is 2.42 bits per heavy atom. The molecule has 0 atom stereocenters. The molecule has 0 fully saturated rings. The summed E-state index contributed by atoms with van der Waals surface area (Å²) in [6, 6.07) is 18.6. The van der Waals surface area contributed by atoms with Crippen LogP contribution in [0.15, 0.2) is 71.6 Å². The van der Waals surface area contributed by atoms with E-state index in [9.17, 15) is 13.2 Å². The Labute approximate surface area is 193 Å². The van der Waals surface area contributed by atoms with Crippen LogP contribution in [0, 0.1) is 0 Å². The topological polar surface area (TPSA) is 97.0 Å². The number of amides is 2. The minimum atomic E-state index is -3.59. The third-order valence-electron chi connectivity index (χ3n) is 5.48. The zero-order valence-electron chi connectivity index (χ0n) is 18.4. The monoisotopic (exact) mass is 467 g/mol. The Balaban J connectivity index is 1.48. The van der Waals surface area contributed by atoms with Gasteiger partial charge in [-0.2, -0.15) is 4.31 Å². The van der Waals surface area contributed by atoms with E-state index < -0.39 is 16.1 Å². The van der Waals surface area contributed by atoms with Gasteiger partial charge in [0.1, 0.15) is 11.5 Å². The van der Waals surface area contributed by atoms with Crippen molar-refractivity contribution in [1.29, 1.82) is 0 Å². The van der Waals surface area contributed by atoms with Gasteiger partial charge < -0.3 is 20.1 Å². The van der Waals surface area contributed by atoms with Gasteiger partial charge in [-0.3, -0.25) is 0 Å². The molecule has 33 heavy (non-hydrogen) atoms. The van der Waals surface area contributed by atoms with Gasteiger partial charge in [-0.05, 0) is 53.9 Å². The maximum absolute atomic E-state index is 13.0. The van der Waals surface area contributed by atoms with Crippen molar-refractivity contribution in [3.8, 4) is 11.5 Å². The zero-order chi connectivity index (χ0) is 23.4. The van der Waals surface area contributed by atoms with Gasteiger partial charge in [0.15, 0.2) is 0 Å². The number of carbonyl (C=O) groups is 1. The molecule has 0 radical (unpaired) electrons. The number of nitrogens with zero attached hydrogens (tertiary/aromatic N) is 1. The molecule has 0 bridgehead atoms. The van der Waals surface area contributed by atoms with E-state index in [1.54, 1.807) is 55.6 Å². The summed E-state index contributed by atoms with van der Waals surface area (Å²) in [5, 5.41) is 5.56. The molecule has 0 aliphatic carbocycles. The summed E-state index contributed by atoms with van der Waals surface area (Å²) in [6.45, 7) is 0.657. The average molecular weight is 468 g/mol. The molecule has 0 saturated heterocycles. The highest BCUT2D eigenvalue weighted by Gasteiger charge is 2.28. The predicted molar refractivity (Wildman–Crippen MR) is 126 cm³/mol. The highest BCUT2D eigenvalue weighted by Crippen LogP contribution is 2.30. The molecule has 0 unspecified atom stereocenters. The van der Waals surface area contributed by atoms with Crippen molar-refractivity contribution in [2.45, 2.75) is 17.9 Å². The lowest BCUT2D eigenvalue weighted by molar-refractivity contribution is 0.262. The second kappa shape index (κ2) is 9.51. The van der Waals surface area contributed by atoms with Gasteiger partial charge in [-0.1, -0.05) is 24.3 Å². The Morgan fingerprint density at radius 2 is 1.70 bits per heavy atom. The number of carbonyl (C=O) groups excluding carboxylic acids is 1. The third-order valence-corrected chi connectivity index (χ3v) is 7.34. The van der Waals surface area contributed by atoms with Crippen LogP contribution >= 0.6 is 0 Å². The van der Waals surface area contributed by atoms with Gasteiger partial charge >= 0.3 is 6.03 Å². The van der Waals surface area contributed by atoms with E-state index in [0.717, 1.165) is 11.1 Å². The Bertz CT molecular complexity index is 1260. The number of sulfonamides is 1. The van der Waals surface area contributed by atoms with Crippen molar-refractivity contribution in [3.63, 3.8) is 0 Å². The fourth-order valence-electron chi connectivity index (χ4n) is 3.74. The normalized spacial score (nSPS) is 13.6. The molecule has 4 rings (SSSR count). The van der Waals surface area contributed by atoms with Gasteiger partial charge in [-0.25, -0.2) is 13.2 Å². The van der Waals surface area contributed by atoms with Crippen LogP contribution < -0.4 is 20.1 Å².